The molecule has 4 nitrogen and oxygen atoms in total. The summed E-state index contributed by atoms with van der Waals surface area (Å²) in [7, 11) is -2.11. The fourth-order valence-corrected chi connectivity index (χ4v) is 5.54. The van der Waals surface area contributed by atoms with Gasteiger partial charge < -0.3 is 10.5 Å². The van der Waals surface area contributed by atoms with Crippen molar-refractivity contribution in [3.05, 3.63) is 66.0 Å². The summed E-state index contributed by atoms with van der Waals surface area (Å²) in [5, 5.41) is -0.789. The highest BCUT2D eigenvalue weighted by atomic mass is 32.2. The summed E-state index contributed by atoms with van der Waals surface area (Å²) >= 11 is 0. The maximum atomic E-state index is 13.1. The third-order valence-electron chi connectivity index (χ3n) is 4.33. The SMILES string of the molecule is COC[C@]1(N)[C@@H](c2ccc(F)cc2)[C@@H]1S(=O)(=O)c1ccccc1. The van der Waals surface area contributed by atoms with Crippen molar-refractivity contribution in [3.8, 4) is 0 Å². The fraction of sp³-hybridized carbons (Fsp3) is 0.294. The molecule has 0 aromatic heterocycles. The van der Waals surface area contributed by atoms with Crippen molar-refractivity contribution in [2.24, 2.45) is 5.73 Å². The average Bonchev–Trinajstić information content (AvgIpc) is 3.15. The van der Waals surface area contributed by atoms with Gasteiger partial charge in [0.05, 0.1) is 22.3 Å². The number of ether oxygens (including phenoxy) is 1. The molecule has 122 valence electrons. The first-order chi connectivity index (χ1) is 10.9. The summed E-state index contributed by atoms with van der Waals surface area (Å²) in [6, 6.07) is 14.0. The number of sulfone groups is 1. The Morgan fingerprint density at radius 3 is 2.30 bits per heavy atom. The highest BCUT2D eigenvalue weighted by Gasteiger charge is 2.69. The Balaban J connectivity index is 2.01. The summed E-state index contributed by atoms with van der Waals surface area (Å²) < 4.78 is 44.1. The Morgan fingerprint density at radius 1 is 1.13 bits per heavy atom. The molecule has 2 aromatic rings. The Morgan fingerprint density at radius 2 is 1.74 bits per heavy atom. The maximum absolute atomic E-state index is 13.1. The number of halogens is 1. The van der Waals surface area contributed by atoms with E-state index in [0.29, 0.717) is 5.56 Å². The summed E-state index contributed by atoms with van der Waals surface area (Å²) in [5.41, 5.74) is 6.03. The predicted octanol–water partition coefficient (Wildman–Crippen LogP) is 2.11. The van der Waals surface area contributed by atoms with Crippen molar-refractivity contribution < 1.29 is 17.5 Å². The van der Waals surface area contributed by atoms with Crippen molar-refractivity contribution in [2.45, 2.75) is 21.6 Å². The van der Waals surface area contributed by atoms with Gasteiger partial charge in [-0.3, -0.25) is 0 Å². The van der Waals surface area contributed by atoms with Crippen molar-refractivity contribution in [1.29, 1.82) is 0 Å². The number of hydrogen-bond acceptors (Lipinski definition) is 4. The Kier molecular flexibility index (Phi) is 4.00. The van der Waals surface area contributed by atoms with Crippen molar-refractivity contribution in [1.82, 2.24) is 0 Å². The molecule has 1 aliphatic rings. The van der Waals surface area contributed by atoms with Crippen molar-refractivity contribution in [3.63, 3.8) is 0 Å². The summed E-state index contributed by atoms with van der Waals surface area (Å²) in [5.74, 6) is -0.792. The number of rotatable bonds is 5. The first-order valence-electron chi connectivity index (χ1n) is 7.23. The number of benzene rings is 2. The van der Waals surface area contributed by atoms with E-state index in [1.807, 2.05) is 0 Å². The topological polar surface area (TPSA) is 69.4 Å². The van der Waals surface area contributed by atoms with Crippen LogP contribution in [0.4, 0.5) is 4.39 Å². The van der Waals surface area contributed by atoms with Crippen LogP contribution in [0, 0.1) is 5.82 Å². The second kappa shape index (κ2) is 5.70. The molecule has 0 amide bonds. The van der Waals surface area contributed by atoms with E-state index in [1.54, 1.807) is 42.5 Å². The van der Waals surface area contributed by atoms with E-state index in [-0.39, 0.29) is 17.3 Å². The molecular formula is C17H18FNO3S. The second-order valence-corrected chi connectivity index (χ2v) is 7.92. The van der Waals surface area contributed by atoms with Crippen LogP contribution in [0.25, 0.3) is 0 Å². The molecule has 2 N–H and O–H groups in total. The quantitative estimate of drug-likeness (QED) is 0.908. The van der Waals surface area contributed by atoms with Gasteiger partial charge in [-0.2, -0.15) is 0 Å². The zero-order valence-electron chi connectivity index (χ0n) is 12.6. The van der Waals surface area contributed by atoms with Gasteiger partial charge in [0.15, 0.2) is 9.84 Å². The molecule has 0 bridgehead atoms. The van der Waals surface area contributed by atoms with Crippen LogP contribution >= 0.6 is 0 Å². The largest absolute Gasteiger partial charge is 0.383 e. The third kappa shape index (κ3) is 2.67. The molecule has 23 heavy (non-hydrogen) atoms. The van der Waals surface area contributed by atoms with Crippen LogP contribution in [0.3, 0.4) is 0 Å². The van der Waals surface area contributed by atoms with Gasteiger partial charge in [-0.15, -0.1) is 0 Å². The Hall–Kier alpha value is -1.76. The van der Waals surface area contributed by atoms with E-state index in [0.717, 1.165) is 0 Å². The molecule has 0 saturated heterocycles. The van der Waals surface area contributed by atoms with Crippen LogP contribution < -0.4 is 5.73 Å². The first-order valence-corrected chi connectivity index (χ1v) is 8.78. The lowest BCUT2D eigenvalue weighted by molar-refractivity contribution is 0.171. The smallest absolute Gasteiger partial charge is 0.183 e. The van der Waals surface area contributed by atoms with Gasteiger partial charge in [0.1, 0.15) is 5.82 Å². The molecular weight excluding hydrogens is 317 g/mol. The standard InChI is InChI=1S/C17H18FNO3S/c1-22-11-17(19)15(12-7-9-13(18)10-8-12)16(17)23(20,21)14-5-3-2-4-6-14/h2-10,15-16H,11,19H2,1H3/t15-,16-,17-/m0/s1. The summed E-state index contributed by atoms with van der Waals surface area (Å²) in [4.78, 5) is 0.237. The molecule has 0 heterocycles. The first kappa shape index (κ1) is 16.1. The van der Waals surface area contributed by atoms with E-state index >= 15 is 0 Å². The maximum Gasteiger partial charge on any atom is 0.183 e. The van der Waals surface area contributed by atoms with E-state index < -0.39 is 26.5 Å². The van der Waals surface area contributed by atoms with Crippen LogP contribution in [0.2, 0.25) is 0 Å². The molecule has 2 aromatic carbocycles. The average molecular weight is 335 g/mol. The molecule has 0 aliphatic heterocycles. The van der Waals surface area contributed by atoms with Crippen LogP contribution in [-0.4, -0.2) is 32.9 Å². The normalized spacial score (nSPS) is 26.9. The van der Waals surface area contributed by atoms with Gasteiger partial charge in [0.2, 0.25) is 0 Å². The third-order valence-corrected chi connectivity index (χ3v) is 6.64. The second-order valence-electron chi connectivity index (χ2n) is 5.85. The molecule has 1 fully saturated rings. The lowest BCUT2D eigenvalue weighted by atomic mass is 10.1. The van der Waals surface area contributed by atoms with Gasteiger partial charge in [-0.25, -0.2) is 12.8 Å². The van der Waals surface area contributed by atoms with Crippen LogP contribution in [0.1, 0.15) is 11.5 Å². The van der Waals surface area contributed by atoms with Gasteiger partial charge in [0.25, 0.3) is 0 Å². The van der Waals surface area contributed by atoms with Gasteiger partial charge >= 0.3 is 0 Å². The zero-order chi connectivity index (χ0) is 16.7. The fourth-order valence-electron chi connectivity index (χ4n) is 3.22. The van der Waals surface area contributed by atoms with E-state index in [1.165, 1.54) is 19.2 Å². The molecule has 3 rings (SSSR count). The number of methoxy groups -OCH3 is 1. The Labute approximate surface area is 135 Å². The number of hydrogen-bond donors (Lipinski definition) is 1. The highest BCUT2D eigenvalue weighted by Crippen LogP contribution is 2.55. The molecule has 0 unspecified atom stereocenters. The minimum atomic E-state index is -3.60. The van der Waals surface area contributed by atoms with E-state index in [2.05, 4.69) is 0 Å². The minimum absolute atomic E-state index is 0.117. The lowest BCUT2D eigenvalue weighted by Crippen LogP contribution is -2.35. The Bertz CT molecular complexity index is 792. The molecule has 6 heteroatoms. The van der Waals surface area contributed by atoms with Crippen molar-refractivity contribution in [2.75, 3.05) is 13.7 Å². The van der Waals surface area contributed by atoms with E-state index in [9.17, 15) is 12.8 Å². The predicted molar refractivity (Wildman–Crippen MR) is 85.4 cm³/mol. The molecule has 0 radical (unpaired) electrons. The van der Waals surface area contributed by atoms with E-state index in [4.69, 9.17) is 10.5 Å². The number of nitrogens with two attached hydrogens (primary N) is 1. The van der Waals surface area contributed by atoms with Gasteiger partial charge in [-0.05, 0) is 29.8 Å². The monoisotopic (exact) mass is 335 g/mol. The van der Waals surface area contributed by atoms with Gasteiger partial charge in [0, 0.05) is 13.0 Å². The molecule has 1 aliphatic carbocycles. The summed E-state index contributed by atoms with van der Waals surface area (Å²) in [6.45, 7) is 0.117. The zero-order valence-corrected chi connectivity index (χ0v) is 13.5. The minimum Gasteiger partial charge on any atom is -0.383 e. The van der Waals surface area contributed by atoms with Crippen molar-refractivity contribution >= 4 is 9.84 Å². The summed E-state index contributed by atoms with van der Waals surface area (Å²) in [6.07, 6.45) is 0. The molecule has 0 spiro atoms. The van der Waals surface area contributed by atoms with Gasteiger partial charge in [-0.1, -0.05) is 30.3 Å². The van der Waals surface area contributed by atoms with Crippen LogP contribution in [-0.2, 0) is 14.6 Å². The molecule has 1 saturated carbocycles. The highest BCUT2D eigenvalue weighted by molar-refractivity contribution is 7.92. The van der Waals surface area contributed by atoms with Crippen LogP contribution in [0.15, 0.2) is 59.5 Å². The van der Waals surface area contributed by atoms with Crippen LogP contribution in [0.5, 0.6) is 0 Å². The lowest BCUT2D eigenvalue weighted by Gasteiger charge is -2.11. The molecule has 3 atom stereocenters.